The van der Waals surface area contributed by atoms with E-state index in [2.05, 4.69) is 68.3 Å². The molecule has 1 aliphatic carbocycles. The summed E-state index contributed by atoms with van der Waals surface area (Å²) in [4.78, 5) is 2.48. The molecule has 1 N–H and O–H groups in total. The van der Waals surface area contributed by atoms with Crippen LogP contribution in [0.1, 0.15) is 76.7 Å². The predicted octanol–water partition coefficient (Wildman–Crippen LogP) is 6.38. The first-order chi connectivity index (χ1) is 13.6. The van der Waals surface area contributed by atoms with E-state index in [1.807, 2.05) is 0 Å². The molecule has 2 heteroatoms. The van der Waals surface area contributed by atoms with Crippen LogP contribution in [0.25, 0.3) is 10.8 Å². The zero-order valence-corrected chi connectivity index (χ0v) is 18.2. The summed E-state index contributed by atoms with van der Waals surface area (Å²) in [6, 6.07) is 15.4. The van der Waals surface area contributed by atoms with Gasteiger partial charge in [-0.25, -0.2) is 0 Å². The second-order valence-electron chi connectivity index (χ2n) is 9.11. The van der Waals surface area contributed by atoms with E-state index in [0.717, 1.165) is 44.7 Å². The lowest BCUT2D eigenvalue weighted by atomic mass is 9.72. The van der Waals surface area contributed by atoms with E-state index >= 15 is 0 Å². The smallest absolute Gasteiger partial charge is 0.0728 e. The molecule has 1 fully saturated rings. The minimum atomic E-state index is -0.568. The van der Waals surface area contributed by atoms with Gasteiger partial charge in [0.25, 0.3) is 0 Å². The zero-order valence-electron chi connectivity index (χ0n) is 18.2. The standard InChI is InChI=1S/C26H39NO/c1-4-11-21(5-2)19-27(3)20-25(26(28)16-9-6-10-17-26)24-15-14-22-12-7-8-13-23(22)18-24/h7-8,12-15,18,21,25,28H,4-6,9-11,16-17,19-20H2,1-3H3. The molecule has 0 aromatic heterocycles. The molecule has 2 aromatic rings. The highest BCUT2D eigenvalue weighted by molar-refractivity contribution is 5.83. The van der Waals surface area contributed by atoms with E-state index in [4.69, 9.17) is 0 Å². The van der Waals surface area contributed by atoms with Crippen LogP contribution < -0.4 is 0 Å². The molecular formula is C26H39NO. The van der Waals surface area contributed by atoms with E-state index in [1.165, 1.54) is 42.0 Å². The van der Waals surface area contributed by atoms with Gasteiger partial charge in [0, 0.05) is 19.0 Å². The van der Waals surface area contributed by atoms with Crippen molar-refractivity contribution in [1.82, 2.24) is 4.90 Å². The van der Waals surface area contributed by atoms with Gasteiger partial charge < -0.3 is 10.0 Å². The van der Waals surface area contributed by atoms with Crippen molar-refractivity contribution >= 4 is 10.8 Å². The number of rotatable bonds is 9. The molecule has 0 bridgehead atoms. The highest BCUT2D eigenvalue weighted by atomic mass is 16.3. The molecule has 0 heterocycles. The molecule has 28 heavy (non-hydrogen) atoms. The Morgan fingerprint density at radius 2 is 1.68 bits per heavy atom. The van der Waals surface area contributed by atoms with E-state index in [9.17, 15) is 5.11 Å². The van der Waals surface area contributed by atoms with Crippen molar-refractivity contribution in [2.24, 2.45) is 5.92 Å². The van der Waals surface area contributed by atoms with Crippen molar-refractivity contribution in [3.63, 3.8) is 0 Å². The summed E-state index contributed by atoms with van der Waals surface area (Å²) in [6.07, 6.45) is 9.22. The lowest BCUT2D eigenvalue weighted by Gasteiger charge is -2.41. The Morgan fingerprint density at radius 3 is 2.36 bits per heavy atom. The average molecular weight is 382 g/mol. The van der Waals surface area contributed by atoms with Crippen molar-refractivity contribution in [1.29, 1.82) is 0 Å². The third-order valence-electron chi connectivity index (χ3n) is 6.88. The fourth-order valence-corrected chi connectivity index (χ4v) is 5.18. The van der Waals surface area contributed by atoms with E-state index in [-0.39, 0.29) is 5.92 Å². The molecule has 0 radical (unpaired) electrons. The van der Waals surface area contributed by atoms with Crippen molar-refractivity contribution in [3.8, 4) is 0 Å². The molecule has 0 amide bonds. The summed E-state index contributed by atoms with van der Waals surface area (Å²) in [5.41, 5.74) is 0.736. The summed E-state index contributed by atoms with van der Waals surface area (Å²) in [6.45, 7) is 6.66. The second-order valence-corrected chi connectivity index (χ2v) is 9.11. The maximum Gasteiger partial charge on any atom is 0.0728 e. The van der Waals surface area contributed by atoms with Crippen molar-refractivity contribution < 1.29 is 5.11 Å². The molecule has 2 nitrogen and oxygen atoms in total. The SMILES string of the molecule is CCCC(CC)CN(C)CC(c1ccc2ccccc2c1)C1(O)CCCCC1. The Balaban J connectivity index is 1.86. The minimum Gasteiger partial charge on any atom is -0.389 e. The third-order valence-corrected chi connectivity index (χ3v) is 6.88. The molecular weight excluding hydrogens is 342 g/mol. The van der Waals surface area contributed by atoms with Crippen LogP contribution in [0.2, 0.25) is 0 Å². The first kappa shape index (κ1) is 21.3. The second kappa shape index (κ2) is 9.89. The number of likely N-dealkylation sites (N-methyl/N-ethyl adjacent to an activating group) is 1. The first-order valence-electron chi connectivity index (χ1n) is 11.5. The van der Waals surface area contributed by atoms with Gasteiger partial charge in [-0.05, 0) is 48.6 Å². The van der Waals surface area contributed by atoms with Crippen LogP contribution >= 0.6 is 0 Å². The van der Waals surface area contributed by atoms with E-state index < -0.39 is 5.60 Å². The quantitative estimate of drug-likeness (QED) is 0.545. The van der Waals surface area contributed by atoms with Gasteiger partial charge in [0.15, 0.2) is 0 Å². The van der Waals surface area contributed by atoms with Gasteiger partial charge in [-0.2, -0.15) is 0 Å². The molecule has 0 aliphatic heterocycles. The number of nitrogens with zero attached hydrogens (tertiary/aromatic N) is 1. The minimum absolute atomic E-state index is 0.182. The molecule has 0 spiro atoms. The molecule has 2 atom stereocenters. The van der Waals surface area contributed by atoms with Crippen molar-refractivity contribution in [2.75, 3.05) is 20.1 Å². The molecule has 1 saturated carbocycles. The Morgan fingerprint density at radius 1 is 0.964 bits per heavy atom. The molecule has 1 aliphatic rings. The van der Waals surface area contributed by atoms with E-state index in [0.29, 0.717) is 0 Å². The van der Waals surface area contributed by atoms with Crippen LogP contribution in [-0.4, -0.2) is 35.7 Å². The predicted molar refractivity (Wildman–Crippen MR) is 121 cm³/mol. The number of benzene rings is 2. The molecule has 3 rings (SSSR count). The van der Waals surface area contributed by atoms with Crippen LogP contribution in [0.15, 0.2) is 42.5 Å². The lowest BCUT2D eigenvalue weighted by Crippen LogP contribution is -2.44. The van der Waals surface area contributed by atoms with Crippen LogP contribution in [0, 0.1) is 5.92 Å². The maximum absolute atomic E-state index is 11.7. The van der Waals surface area contributed by atoms with Gasteiger partial charge >= 0.3 is 0 Å². The fraction of sp³-hybridized carbons (Fsp3) is 0.615. The summed E-state index contributed by atoms with van der Waals surface area (Å²) >= 11 is 0. The zero-order chi connectivity index (χ0) is 20.0. The largest absolute Gasteiger partial charge is 0.389 e. The van der Waals surface area contributed by atoms with Gasteiger partial charge in [-0.3, -0.25) is 0 Å². The van der Waals surface area contributed by atoms with Gasteiger partial charge in [0.1, 0.15) is 0 Å². The monoisotopic (exact) mass is 381 g/mol. The topological polar surface area (TPSA) is 23.5 Å². The summed E-state index contributed by atoms with van der Waals surface area (Å²) < 4.78 is 0. The van der Waals surface area contributed by atoms with Gasteiger partial charge in [-0.15, -0.1) is 0 Å². The van der Waals surface area contributed by atoms with Gasteiger partial charge in [0.2, 0.25) is 0 Å². The molecule has 2 aromatic carbocycles. The highest BCUT2D eigenvalue weighted by Crippen LogP contribution is 2.41. The van der Waals surface area contributed by atoms with Crippen LogP contribution in [0.5, 0.6) is 0 Å². The number of hydrogen-bond donors (Lipinski definition) is 1. The first-order valence-corrected chi connectivity index (χ1v) is 11.5. The summed E-state index contributed by atoms with van der Waals surface area (Å²) in [5.74, 6) is 0.940. The number of aliphatic hydroxyl groups is 1. The Hall–Kier alpha value is -1.38. The molecule has 154 valence electrons. The van der Waals surface area contributed by atoms with Crippen LogP contribution in [-0.2, 0) is 0 Å². The molecule has 0 saturated heterocycles. The lowest BCUT2D eigenvalue weighted by molar-refractivity contribution is -0.0300. The summed E-state index contributed by atoms with van der Waals surface area (Å²) in [7, 11) is 2.25. The van der Waals surface area contributed by atoms with Gasteiger partial charge in [-0.1, -0.05) is 88.4 Å². The Kier molecular flexibility index (Phi) is 7.54. The number of hydrogen-bond acceptors (Lipinski definition) is 2. The Labute approximate surface area is 172 Å². The number of fused-ring (bicyclic) bond motifs is 1. The summed E-state index contributed by atoms with van der Waals surface area (Å²) in [5, 5.41) is 14.2. The van der Waals surface area contributed by atoms with Crippen LogP contribution in [0.3, 0.4) is 0 Å². The van der Waals surface area contributed by atoms with Crippen molar-refractivity contribution in [2.45, 2.75) is 76.7 Å². The van der Waals surface area contributed by atoms with Gasteiger partial charge in [0.05, 0.1) is 5.60 Å². The van der Waals surface area contributed by atoms with Crippen molar-refractivity contribution in [3.05, 3.63) is 48.0 Å². The average Bonchev–Trinajstić information content (AvgIpc) is 2.71. The third kappa shape index (κ3) is 5.15. The normalized spacial score (nSPS) is 19.0. The maximum atomic E-state index is 11.7. The van der Waals surface area contributed by atoms with E-state index in [1.54, 1.807) is 0 Å². The highest BCUT2D eigenvalue weighted by Gasteiger charge is 2.39. The molecule has 2 unspecified atom stereocenters. The fourth-order valence-electron chi connectivity index (χ4n) is 5.18. The van der Waals surface area contributed by atoms with Crippen LogP contribution in [0.4, 0.5) is 0 Å². The Bertz CT molecular complexity index is 734.